The highest BCUT2D eigenvalue weighted by Crippen LogP contribution is 2.21. The zero-order valence-corrected chi connectivity index (χ0v) is 15.4. The zero-order chi connectivity index (χ0) is 19.1. The van der Waals surface area contributed by atoms with Gasteiger partial charge in [0.25, 0.3) is 0 Å². The van der Waals surface area contributed by atoms with E-state index in [0.717, 1.165) is 11.1 Å². The number of urea groups is 1. The van der Waals surface area contributed by atoms with Gasteiger partial charge in [-0.3, -0.25) is 15.1 Å². The predicted octanol–water partition coefficient (Wildman–Crippen LogP) is 2.00. The molecule has 0 aliphatic heterocycles. The Kier molecular flexibility index (Phi) is 6.16. The third-order valence-electron chi connectivity index (χ3n) is 3.64. The van der Waals surface area contributed by atoms with Crippen LogP contribution >= 0.6 is 11.8 Å². The van der Waals surface area contributed by atoms with Crippen LogP contribution in [0.25, 0.3) is 11.4 Å². The standard InChI is InChI=1S/C18H18N6O2S/c1-24-16(14-8-5-9-19-11-14)22-23-18(24)27-12-15(25)21-17(26)20-10-13-6-3-2-4-7-13/h2-9,11H,10,12H2,1H3,(H2,20,21,25,26). The Morgan fingerprint density at radius 2 is 1.93 bits per heavy atom. The summed E-state index contributed by atoms with van der Waals surface area (Å²) in [6, 6.07) is 12.6. The minimum Gasteiger partial charge on any atom is -0.334 e. The summed E-state index contributed by atoms with van der Waals surface area (Å²) in [5.74, 6) is 0.306. The quantitative estimate of drug-likeness (QED) is 0.632. The van der Waals surface area contributed by atoms with E-state index in [2.05, 4.69) is 25.8 Å². The third kappa shape index (κ3) is 5.14. The second kappa shape index (κ2) is 8.95. The van der Waals surface area contributed by atoms with E-state index in [-0.39, 0.29) is 5.75 Å². The zero-order valence-electron chi connectivity index (χ0n) is 14.6. The number of carbonyl (C=O) groups excluding carboxylic acids is 2. The number of rotatable bonds is 6. The normalized spacial score (nSPS) is 10.4. The summed E-state index contributed by atoms with van der Waals surface area (Å²) in [7, 11) is 1.81. The smallest absolute Gasteiger partial charge is 0.321 e. The maximum atomic E-state index is 12.0. The average molecular weight is 382 g/mol. The number of nitrogens with zero attached hydrogens (tertiary/aromatic N) is 4. The highest BCUT2D eigenvalue weighted by molar-refractivity contribution is 7.99. The van der Waals surface area contributed by atoms with E-state index >= 15 is 0 Å². The maximum Gasteiger partial charge on any atom is 0.321 e. The van der Waals surface area contributed by atoms with Crippen LogP contribution in [0.4, 0.5) is 4.79 Å². The molecule has 2 N–H and O–H groups in total. The summed E-state index contributed by atoms with van der Waals surface area (Å²) in [5.41, 5.74) is 1.79. The molecule has 27 heavy (non-hydrogen) atoms. The van der Waals surface area contributed by atoms with Gasteiger partial charge < -0.3 is 9.88 Å². The second-order valence-corrected chi connectivity index (χ2v) is 6.55. The van der Waals surface area contributed by atoms with Gasteiger partial charge in [0.2, 0.25) is 5.91 Å². The van der Waals surface area contributed by atoms with Crippen molar-refractivity contribution in [3.05, 3.63) is 60.4 Å². The van der Waals surface area contributed by atoms with Crippen molar-refractivity contribution in [2.24, 2.45) is 7.05 Å². The van der Waals surface area contributed by atoms with Crippen molar-refractivity contribution in [3.63, 3.8) is 0 Å². The van der Waals surface area contributed by atoms with Crippen LogP contribution < -0.4 is 10.6 Å². The van der Waals surface area contributed by atoms with Crippen LogP contribution in [0.3, 0.4) is 0 Å². The lowest BCUT2D eigenvalue weighted by Crippen LogP contribution is -2.39. The topological polar surface area (TPSA) is 102 Å². The SMILES string of the molecule is Cn1c(SCC(=O)NC(=O)NCc2ccccc2)nnc1-c1cccnc1. The van der Waals surface area contributed by atoms with Crippen LogP contribution in [0.5, 0.6) is 0 Å². The highest BCUT2D eigenvalue weighted by atomic mass is 32.2. The molecular weight excluding hydrogens is 364 g/mol. The molecule has 1 aromatic carbocycles. The number of aromatic nitrogens is 4. The van der Waals surface area contributed by atoms with Crippen molar-refractivity contribution in [1.29, 1.82) is 0 Å². The summed E-state index contributed by atoms with van der Waals surface area (Å²) in [4.78, 5) is 27.8. The second-order valence-electron chi connectivity index (χ2n) is 5.61. The van der Waals surface area contributed by atoms with E-state index in [1.807, 2.05) is 49.5 Å². The van der Waals surface area contributed by atoms with Crippen LogP contribution in [0.2, 0.25) is 0 Å². The molecule has 0 spiro atoms. The van der Waals surface area contributed by atoms with Crippen molar-refractivity contribution >= 4 is 23.7 Å². The van der Waals surface area contributed by atoms with Crippen molar-refractivity contribution in [3.8, 4) is 11.4 Å². The Hall–Kier alpha value is -3.20. The number of benzene rings is 1. The van der Waals surface area contributed by atoms with E-state index in [9.17, 15) is 9.59 Å². The minimum atomic E-state index is -0.529. The summed E-state index contributed by atoms with van der Waals surface area (Å²) in [6.07, 6.45) is 3.38. The molecule has 0 fully saturated rings. The van der Waals surface area contributed by atoms with Gasteiger partial charge >= 0.3 is 6.03 Å². The van der Waals surface area contributed by atoms with E-state index in [1.165, 1.54) is 11.8 Å². The van der Waals surface area contributed by atoms with Crippen molar-refractivity contribution in [2.45, 2.75) is 11.7 Å². The van der Waals surface area contributed by atoms with Gasteiger partial charge in [0.05, 0.1) is 5.75 Å². The molecule has 2 heterocycles. The Balaban J connectivity index is 1.48. The molecule has 0 aliphatic carbocycles. The van der Waals surface area contributed by atoms with Gasteiger partial charge in [-0.15, -0.1) is 10.2 Å². The first-order valence-electron chi connectivity index (χ1n) is 8.17. The van der Waals surface area contributed by atoms with E-state index in [4.69, 9.17) is 0 Å². The van der Waals surface area contributed by atoms with Gasteiger partial charge in [-0.05, 0) is 17.7 Å². The molecule has 3 amide bonds. The summed E-state index contributed by atoms with van der Waals surface area (Å²) < 4.78 is 1.78. The first-order valence-corrected chi connectivity index (χ1v) is 9.16. The lowest BCUT2D eigenvalue weighted by molar-refractivity contribution is -0.117. The van der Waals surface area contributed by atoms with Gasteiger partial charge in [0.15, 0.2) is 11.0 Å². The number of carbonyl (C=O) groups is 2. The van der Waals surface area contributed by atoms with Crippen LogP contribution in [0.15, 0.2) is 60.0 Å². The molecule has 3 aromatic rings. The fourth-order valence-electron chi connectivity index (χ4n) is 2.30. The molecular formula is C18H18N6O2S. The van der Waals surface area contributed by atoms with Gasteiger partial charge in [0, 0.05) is 31.5 Å². The first-order chi connectivity index (χ1) is 13.1. The van der Waals surface area contributed by atoms with Gasteiger partial charge in [-0.25, -0.2) is 4.79 Å². The molecule has 3 rings (SSSR count). The number of pyridine rings is 1. The largest absolute Gasteiger partial charge is 0.334 e. The summed E-state index contributed by atoms with van der Waals surface area (Å²) >= 11 is 1.20. The van der Waals surface area contributed by atoms with Crippen LogP contribution in [-0.4, -0.2) is 37.4 Å². The van der Waals surface area contributed by atoms with Crippen LogP contribution in [-0.2, 0) is 18.4 Å². The van der Waals surface area contributed by atoms with E-state index in [1.54, 1.807) is 17.0 Å². The molecule has 0 aliphatic rings. The molecule has 9 heteroatoms. The van der Waals surface area contributed by atoms with Crippen molar-refractivity contribution in [1.82, 2.24) is 30.4 Å². The van der Waals surface area contributed by atoms with E-state index < -0.39 is 11.9 Å². The molecule has 0 atom stereocenters. The van der Waals surface area contributed by atoms with Gasteiger partial charge in [0.1, 0.15) is 0 Å². The Morgan fingerprint density at radius 1 is 1.11 bits per heavy atom. The number of nitrogens with one attached hydrogen (secondary N) is 2. The third-order valence-corrected chi connectivity index (χ3v) is 4.66. The van der Waals surface area contributed by atoms with E-state index in [0.29, 0.717) is 17.5 Å². The molecule has 8 nitrogen and oxygen atoms in total. The number of amides is 3. The highest BCUT2D eigenvalue weighted by Gasteiger charge is 2.14. The maximum absolute atomic E-state index is 12.0. The summed E-state index contributed by atoms with van der Waals surface area (Å²) in [6.45, 7) is 0.352. The van der Waals surface area contributed by atoms with Gasteiger partial charge in [-0.1, -0.05) is 42.1 Å². The van der Waals surface area contributed by atoms with Crippen molar-refractivity contribution in [2.75, 3.05) is 5.75 Å². The fraction of sp³-hybridized carbons (Fsp3) is 0.167. The number of thioether (sulfide) groups is 1. The Morgan fingerprint density at radius 3 is 2.67 bits per heavy atom. The first kappa shape index (κ1) is 18.6. The Labute approximate surface area is 160 Å². The number of hydrogen-bond acceptors (Lipinski definition) is 6. The fourth-order valence-corrected chi connectivity index (χ4v) is 3.01. The molecule has 0 unspecified atom stereocenters. The molecule has 0 saturated carbocycles. The lowest BCUT2D eigenvalue weighted by atomic mass is 10.2. The predicted molar refractivity (Wildman–Crippen MR) is 102 cm³/mol. The number of imide groups is 1. The van der Waals surface area contributed by atoms with Crippen LogP contribution in [0, 0.1) is 0 Å². The van der Waals surface area contributed by atoms with Crippen LogP contribution in [0.1, 0.15) is 5.56 Å². The monoisotopic (exact) mass is 382 g/mol. The molecule has 0 bridgehead atoms. The lowest BCUT2D eigenvalue weighted by Gasteiger charge is -2.07. The van der Waals surface area contributed by atoms with Crippen molar-refractivity contribution < 1.29 is 9.59 Å². The molecule has 2 aromatic heterocycles. The molecule has 0 saturated heterocycles. The number of hydrogen-bond donors (Lipinski definition) is 2. The molecule has 138 valence electrons. The summed E-state index contributed by atoms with van der Waals surface area (Å²) in [5, 5.41) is 13.7. The minimum absolute atomic E-state index is 0.0533. The van der Waals surface area contributed by atoms with Gasteiger partial charge in [-0.2, -0.15) is 0 Å². The molecule has 0 radical (unpaired) electrons. The Bertz CT molecular complexity index is 914. The average Bonchev–Trinajstić information content (AvgIpc) is 3.07.